The van der Waals surface area contributed by atoms with Crippen LogP contribution >= 0.6 is 36.2 Å². The largest absolute Gasteiger partial charge is 0.461 e. The molecule has 0 unspecified atom stereocenters. The van der Waals surface area contributed by atoms with E-state index in [1.54, 1.807) is 23.5 Å². The molecule has 1 aromatic carbocycles. The molecule has 0 spiro atoms. The van der Waals surface area contributed by atoms with Gasteiger partial charge in [-0.1, -0.05) is 18.2 Å². The third-order valence-electron chi connectivity index (χ3n) is 4.03. The molecule has 3 rings (SSSR count). The highest BCUT2D eigenvalue weighted by atomic mass is 35.5. The van der Waals surface area contributed by atoms with Gasteiger partial charge in [-0.3, -0.25) is 4.90 Å². The summed E-state index contributed by atoms with van der Waals surface area (Å²) in [4.78, 5) is 3.46. The van der Waals surface area contributed by atoms with Gasteiger partial charge in [-0.05, 0) is 29.1 Å². The van der Waals surface area contributed by atoms with Crippen LogP contribution in [0.25, 0.3) is 0 Å². The van der Waals surface area contributed by atoms with Gasteiger partial charge in [0.15, 0.2) is 0 Å². The van der Waals surface area contributed by atoms with E-state index in [2.05, 4.69) is 15.0 Å². The molecule has 2 heterocycles. The van der Waals surface area contributed by atoms with Gasteiger partial charge in [-0.25, -0.2) is 0 Å². The topological polar surface area (TPSA) is 24.5 Å². The Balaban J connectivity index is 0.00000182. The zero-order chi connectivity index (χ0) is 17.9. The third kappa shape index (κ3) is 5.96. The van der Waals surface area contributed by atoms with Gasteiger partial charge in [-0.15, -0.1) is 36.2 Å². The number of thiophene rings is 1. The van der Waals surface area contributed by atoms with E-state index < -0.39 is 12.5 Å². The summed E-state index contributed by atoms with van der Waals surface area (Å²) in [5, 5.41) is 5.29. The summed E-state index contributed by atoms with van der Waals surface area (Å²) in [6.45, 7) is 3.49. The quantitative estimate of drug-likeness (QED) is 0.643. The highest BCUT2D eigenvalue weighted by Gasteiger charge is 2.44. The first-order valence-electron chi connectivity index (χ1n) is 7.90. The molecule has 152 valence electrons. The SMILES string of the molecule is Cl.Cl.FC(F)C(F)(F)Oc1ccc([C@H](c2cccs2)N2CCNCC2)cc1. The fourth-order valence-corrected chi connectivity index (χ4v) is 3.75. The molecule has 0 amide bonds. The smallest absolute Gasteiger partial charge is 0.428 e. The number of hydrogen-bond acceptors (Lipinski definition) is 4. The molecule has 1 aliphatic rings. The van der Waals surface area contributed by atoms with Gasteiger partial charge in [0.05, 0.1) is 6.04 Å². The summed E-state index contributed by atoms with van der Waals surface area (Å²) in [7, 11) is 0. The van der Waals surface area contributed by atoms with Crippen molar-refractivity contribution in [2.75, 3.05) is 26.2 Å². The highest BCUT2D eigenvalue weighted by Crippen LogP contribution is 2.34. The number of hydrogen-bond donors (Lipinski definition) is 1. The molecular weight excluding hydrogens is 427 g/mol. The number of benzene rings is 1. The number of nitrogens with one attached hydrogen (secondary N) is 1. The average Bonchev–Trinajstić information content (AvgIpc) is 3.11. The second kappa shape index (κ2) is 10.5. The molecule has 1 fully saturated rings. The zero-order valence-corrected chi connectivity index (χ0v) is 16.6. The molecule has 0 saturated carbocycles. The van der Waals surface area contributed by atoms with E-state index in [0.717, 1.165) is 36.6 Å². The summed E-state index contributed by atoms with van der Waals surface area (Å²) in [5.74, 6) is -0.278. The Labute approximate surface area is 171 Å². The van der Waals surface area contributed by atoms with Crippen LogP contribution in [0.2, 0.25) is 0 Å². The Morgan fingerprint density at radius 3 is 2.19 bits per heavy atom. The van der Waals surface area contributed by atoms with E-state index >= 15 is 0 Å². The molecule has 0 aliphatic carbocycles. The molecule has 10 heteroatoms. The molecule has 1 aliphatic heterocycles. The van der Waals surface area contributed by atoms with Gasteiger partial charge < -0.3 is 10.1 Å². The number of piperazine rings is 1. The molecule has 0 radical (unpaired) electrons. The van der Waals surface area contributed by atoms with Gasteiger partial charge in [0.1, 0.15) is 5.75 Å². The van der Waals surface area contributed by atoms with Crippen molar-refractivity contribution in [3.8, 4) is 5.75 Å². The van der Waals surface area contributed by atoms with Gasteiger partial charge >= 0.3 is 12.5 Å². The molecule has 2 aromatic rings. The molecule has 3 nitrogen and oxygen atoms in total. The van der Waals surface area contributed by atoms with Crippen molar-refractivity contribution in [1.29, 1.82) is 0 Å². The zero-order valence-electron chi connectivity index (χ0n) is 14.1. The van der Waals surface area contributed by atoms with Crippen LogP contribution < -0.4 is 10.1 Å². The van der Waals surface area contributed by atoms with Crippen LogP contribution in [-0.4, -0.2) is 43.6 Å². The minimum Gasteiger partial charge on any atom is -0.428 e. The third-order valence-corrected chi connectivity index (χ3v) is 4.96. The maximum atomic E-state index is 13.0. The summed E-state index contributed by atoms with van der Waals surface area (Å²) in [6, 6.07) is 9.95. The molecule has 27 heavy (non-hydrogen) atoms. The van der Waals surface area contributed by atoms with Gasteiger partial charge in [0.2, 0.25) is 0 Å². The molecule has 1 N–H and O–H groups in total. The van der Waals surface area contributed by atoms with Crippen LogP contribution in [0.3, 0.4) is 0 Å². The van der Waals surface area contributed by atoms with Gasteiger partial charge in [-0.2, -0.15) is 17.6 Å². The van der Waals surface area contributed by atoms with Crippen LogP contribution in [0.4, 0.5) is 17.6 Å². The predicted octanol–water partition coefficient (Wildman–Crippen LogP) is 4.82. The number of nitrogens with zero attached hydrogens (tertiary/aromatic N) is 1. The molecular formula is C17H20Cl2F4N2OS. The number of alkyl halides is 4. The maximum absolute atomic E-state index is 13.0. The Morgan fingerprint density at radius 1 is 1.04 bits per heavy atom. The second-order valence-corrected chi connectivity index (χ2v) is 6.72. The predicted molar refractivity (Wildman–Crippen MR) is 103 cm³/mol. The maximum Gasteiger partial charge on any atom is 0.461 e. The summed E-state index contributed by atoms with van der Waals surface area (Å²) >= 11 is 1.63. The normalized spacial score (nSPS) is 16.3. The van der Waals surface area contributed by atoms with Crippen molar-refractivity contribution in [2.24, 2.45) is 0 Å². The van der Waals surface area contributed by atoms with Crippen LogP contribution in [0.1, 0.15) is 16.5 Å². The van der Waals surface area contributed by atoms with Crippen molar-refractivity contribution < 1.29 is 22.3 Å². The second-order valence-electron chi connectivity index (χ2n) is 5.74. The Kier molecular flexibility index (Phi) is 9.30. The fourth-order valence-electron chi connectivity index (χ4n) is 2.86. The van der Waals surface area contributed by atoms with E-state index in [-0.39, 0.29) is 36.6 Å². The Hall–Kier alpha value is -1.06. The lowest BCUT2D eigenvalue weighted by Crippen LogP contribution is -2.45. The van der Waals surface area contributed by atoms with E-state index in [1.807, 2.05) is 17.5 Å². The Morgan fingerprint density at radius 2 is 1.67 bits per heavy atom. The van der Waals surface area contributed by atoms with E-state index in [9.17, 15) is 17.6 Å². The minimum absolute atomic E-state index is 0. The van der Waals surface area contributed by atoms with Crippen LogP contribution in [0.5, 0.6) is 5.75 Å². The van der Waals surface area contributed by atoms with Crippen molar-refractivity contribution in [3.05, 3.63) is 52.2 Å². The summed E-state index contributed by atoms with van der Waals surface area (Å²) in [6.07, 6.45) is -8.36. The highest BCUT2D eigenvalue weighted by molar-refractivity contribution is 7.10. The van der Waals surface area contributed by atoms with Gasteiger partial charge in [0, 0.05) is 31.1 Å². The molecule has 1 atom stereocenters. The Bertz CT molecular complexity index is 668. The van der Waals surface area contributed by atoms with E-state index in [1.165, 1.54) is 12.1 Å². The van der Waals surface area contributed by atoms with Gasteiger partial charge in [0.25, 0.3) is 0 Å². The lowest BCUT2D eigenvalue weighted by molar-refractivity contribution is -0.253. The van der Waals surface area contributed by atoms with Crippen LogP contribution in [0, 0.1) is 0 Å². The fraction of sp³-hybridized carbons (Fsp3) is 0.412. The molecule has 0 bridgehead atoms. The lowest BCUT2D eigenvalue weighted by atomic mass is 10.0. The first kappa shape index (κ1) is 24.0. The molecule has 1 saturated heterocycles. The number of halogens is 6. The first-order valence-corrected chi connectivity index (χ1v) is 8.78. The lowest BCUT2D eigenvalue weighted by Gasteiger charge is -2.34. The number of rotatable bonds is 6. The van der Waals surface area contributed by atoms with Crippen LogP contribution in [0.15, 0.2) is 41.8 Å². The van der Waals surface area contributed by atoms with Crippen molar-refractivity contribution >= 4 is 36.2 Å². The average molecular weight is 447 g/mol. The van der Waals surface area contributed by atoms with Crippen molar-refractivity contribution in [3.63, 3.8) is 0 Å². The van der Waals surface area contributed by atoms with Crippen LogP contribution in [-0.2, 0) is 0 Å². The van der Waals surface area contributed by atoms with Crippen molar-refractivity contribution in [2.45, 2.75) is 18.6 Å². The summed E-state index contributed by atoms with van der Waals surface area (Å²) in [5.41, 5.74) is 0.914. The summed E-state index contributed by atoms with van der Waals surface area (Å²) < 4.78 is 54.7. The monoisotopic (exact) mass is 446 g/mol. The standard InChI is InChI=1S/C17H18F4N2OS.2ClH/c18-16(19)17(20,21)24-13-5-3-12(4-6-13)15(14-2-1-11-25-14)23-9-7-22-8-10-23;;/h1-6,11,15-16,22H,7-10H2;2*1H/t15-;;/m1../s1. The minimum atomic E-state index is -4.49. The first-order chi connectivity index (χ1) is 12.0. The molecule has 1 aromatic heterocycles. The van der Waals surface area contributed by atoms with E-state index in [0.29, 0.717) is 0 Å². The van der Waals surface area contributed by atoms with Crippen molar-refractivity contribution in [1.82, 2.24) is 10.2 Å². The number of ether oxygens (including phenoxy) is 1. The van der Waals surface area contributed by atoms with E-state index in [4.69, 9.17) is 0 Å².